The van der Waals surface area contributed by atoms with E-state index in [0.29, 0.717) is 26.2 Å². The van der Waals surface area contributed by atoms with E-state index in [-0.39, 0.29) is 6.61 Å². The first kappa shape index (κ1) is 11.6. The predicted octanol–water partition coefficient (Wildman–Crippen LogP) is 2.62. The molecule has 0 radical (unpaired) electrons. The van der Waals surface area contributed by atoms with Crippen molar-refractivity contribution in [3.8, 4) is 0 Å². The number of hydrogen-bond acceptors (Lipinski definition) is 6. The molecule has 0 unspecified atom stereocenters. The number of piperazine rings is 1. The molecule has 2 N–H and O–H groups in total. The number of benzene rings is 1. The van der Waals surface area contributed by atoms with Gasteiger partial charge in [0.15, 0.2) is 0 Å². The summed E-state index contributed by atoms with van der Waals surface area (Å²) >= 11 is 1.52. The molecule has 0 aliphatic carbocycles. The number of likely N-dealkylation sites (N-methyl/N-ethyl adjacent to an activating group) is 1. The van der Waals surface area contributed by atoms with Crippen LogP contribution in [0.25, 0.3) is 0 Å². The first-order valence-corrected chi connectivity index (χ1v) is 8.46. The molecule has 0 saturated carbocycles. The number of fused-ring (bicyclic) bond motifs is 2. The van der Waals surface area contributed by atoms with Crippen LogP contribution in [0.15, 0.2) is 35.3 Å². The van der Waals surface area contributed by atoms with Gasteiger partial charge in [-0.05, 0) is 25.2 Å². The van der Waals surface area contributed by atoms with Crippen molar-refractivity contribution in [1.82, 2.24) is 9.80 Å². The Balaban J connectivity index is 1.70. The molecule has 6 heteroatoms. The molecule has 0 spiro atoms. The largest absolute Gasteiger partial charge is 0.391 e. The van der Waals surface area contributed by atoms with E-state index >= 15 is 0 Å². The maximum absolute atomic E-state index is 9.53. The van der Waals surface area contributed by atoms with Gasteiger partial charge in [-0.25, -0.2) is 4.99 Å². The molecule has 1 saturated heterocycles. The van der Waals surface area contributed by atoms with Crippen LogP contribution in [0, 0.1) is 0 Å². The van der Waals surface area contributed by atoms with Crippen LogP contribution in [-0.4, -0.2) is 53.9 Å². The van der Waals surface area contributed by atoms with Crippen LogP contribution in [0.1, 0.15) is 14.6 Å². The first-order valence-electron chi connectivity index (χ1n) is 9.14. The summed E-state index contributed by atoms with van der Waals surface area (Å²) < 4.78 is 22.8. The minimum Gasteiger partial charge on any atom is -0.391 e. The summed E-state index contributed by atoms with van der Waals surface area (Å²) in [6, 6.07) is 9.82. The number of para-hydroxylation sites is 2. The Morgan fingerprint density at radius 1 is 1.30 bits per heavy atom. The Hall–Kier alpha value is -1.89. The first-order chi connectivity index (χ1) is 12.5. The summed E-state index contributed by atoms with van der Waals surface area (Å²) in [5.41, 5.74) is 2.74. The monoisotopic (exact) mass is 331 g/mol. The summed E-state index contributed by atoms with van der Waals surface area (Å²) in [6.45, 7) is 0.0737. The Morgan fingerprint density at radius 2 is 2.13 bits per heavy atom. The number of aliphatic hydroxyl groups excluding tert-OH is 1. The van der Waals surface area contributed by atoms with Crippen molar-refractivity contribution in [2.45, 2.75) is 6.61 Å². The van der Waals surface area contributed by atoms with Crippen LogP contribution >= 0.6 is 11.3 Å². The fraction of sp³-hybridized carbons (Fsp3) is 0.353. The second kappa shape index (κ2) is 5.96. The van der Waals surface area contributed by atoms with Gasteiger partial charge < -0.3 is 20.2 Å². The molecule has 0 atom stereocenters. The van der Waals surface area contributed by atoms with Crippen molar-refractivity contribution in [2.24, 2.45) is 4.99 Å². The van der Waals surface area contributed by atoms with Gasteiger partial charge in [0.2, 0.25) is 0 Å². The molecular formula is C17H20N4OS. The second-order valence-corrected chi connectivity index (χ2v) is 6.80. The van der Waals surface area contributed by atoms with E-state index in [4.69, 9.17) is 9.10 Å². The van der Waals surface area contributed by atoms with Crippen LogP contribution in [0.2, 0.25) is 0 Å². The molecule has 2 aliphatic rings. The van der Waals surface area contributed by atoms with Crippen LogP contribution in [0.4, 0.5) is 16.4 Å². The zero-order valence-corrected chi connectivity index (χ0v) is 13.4. The molecule has 1 fully saturated rings. The molecule has 2 aliphatic heterocycles. The SMILES string of the molecule is [2H]C([2H])([2H])N1CCN(C2=Nc3ccccc3Nc3sc(CO)cc32)CC1. The minimum atomic E-state index is -2.05. The number of amidine groups is 1. The van der Waals surface area contributed by atoms with E-state index in [1.807, 2.05) is 30.3 Å². The van der Waals surface area contributed by atoms with E-state index in [0.717, 1.165) is 32.7 Å². The Labute approximate surface area is 144 Å². The zero-order valence-electron chi connectivity index (χ0n) is 15.6. The highest BCUT2D eigenvalue weighted by atomic mass is 32.1. The Kier molecular flexibility index (Phi) is 3.01. The molecule has 1 aromatic heterocycles. The van der Waals surface area contributed by atoms with Gasteiger partial charge in [0.1, 0.15) is 10.8 Å². The number of anilines is 2. The number of thiophene rings is 1. The van der Waals surface area contributed by atoms with Crippen molar-refractivity contribution in [1.29, 1.82) is 0 Å². The number of rotatable bonds is 1. The number of nitrogens with one attached hydrogen (secondary N) is 1. The van der Waals surface area contributed by atoms with Crippen molar-refractivity contribution in [3.63, 3.8) is 0 Å². The Morgan fingerprint density at radius 3 is 2.91 bits per heavy atom. The lowest BCUT2D eigenvalue weighted by molar-refractivity contribution is 0.216. The highest BCUT2D eigenvalue weighted by Crippen LogP contribution is 2.39. The normalized spacial score (nSPS) is 20.3. The standard InChI is InChI=1S/C17H20N4OS/c1-20-6-8-21(9-7-20)16-13-10-12(11-22)23-17(13)19-15-5-3-2-4-14(15)18-16/h2-5,10,19,22H,6-9,11H2,1H3/i1D3. The van der Waals surface area contributed by atoms with Gasteiger partial charge in [0.05, 0.1) is 23.5 Å². The van der Waals surface area contributed by atoms with Gasteiger partial charge in [-0.3, -0.25) is 0 Å². The highest BCUT2D eigenvalue weighted by Gasteiger charge is 2.25. The summed E-state index contributed by atoms with van der Waals surface area (Å²) in [5.74, 6) is 0.832. The molecule has 23 heavy (non-hydrogen) atoms. The van der Waals surface area contributed by atoms with Gasteiger partial charge >= 0.3 is 0 Å². The van der Waals surface area contributed by atoms with Crippen LogP contribution in [0.5, 0.6) is 0 Å². The predicted molar refractivity (Wildman–Crippen MR) is 95.2 cm³/mol. The summed E-state index contributed by atoms with van der Waals surface area (Å²) in [5, 5.41) is 13.9. The van der Waals surface area contributed by atoms with Crippen LogP contribution < -0.4 is 5.32 Å². The molecule has 0 bridgehead atoms. The average Bonchev–Trinajstić information content (AvgIpc) is 2.96. The maximum Gasteiger partial charge on any atom is 0.139 e. The molecule has 4 rings (SSSR count). The van der Waals surface area contributed by atoms with Gasteiger partial charge in [-0.15, -0.1) is 11.3 Å². The lowest BCUT2D eigenvalue weighted by atomic mass is 10.2. The second-order valence-electron chi connectivity index (χ2n) is 5.67. The number of nitrogens with zero attached hydrogens (tertiary/aromatic N) is 3. The topological polar surface area (TPSA) is 51.1 Å². The smallest absolute Gasteiger partial charge is 0.139 e. The Bertz CT molecular complexity index is 841. The van der Waals surface area contributed by atoms with Crippen molar-refractivity contribution >= 4 is 33.5 Å². The molecule has 120 valence electrons. The van der Waals surface area contributed by atoms with Crippen LogP contribution in [0.3, 0.4) is 0 Å². The molecule has 0 amide bonds. The lowest BCUT2D eigenvalue weighted by Gasteiger charge is -2.34. The molecule has 3 heterocycles. The van der Waals surface area contributed by atoms with Crippen LogP contribution in [-0.2, 0) is 6.61 Å². The fourth-order valence-corrected chi connectivity index (χ4v) is 3.84. The van der Waals surface area contributed by atoms with Gasteiger partial charge in [0.25, 0.3) is 0 Å². The van der Waals surface area contributed by atoms with E-state index in [1.54, 1.807) is 0 Å². The fourth-order valence-electron chi connectivity index (χ4n) is 2.91. The van der Waals surface area contributed by atoms with E-state index < -0.39 is 6.98 Å². The number of aliphatic hydroxyl groups is 1. The minimum absolute atomic E-state index is 0.0128. The third kappa shape index (κ3) is 2.73. The molecular weight excluding hydrogens is 308 g/mol. The molecule has 1 aromatic carbocycles. The zero-order chi connectivity index (χ0) is 18.3. The summed E-state index contributed by atoms with van der Waals surface area (Å²) in [4.78, 5) is 9.42. The average molecular weight is 331 g/mol. The van der Waals surface area contributed by atoms with Crippen molar-refractivity contribution in [3.05, 3.63) is 40.8 Å². The molecule has 5 nitrogen and oxygen atoms in total. The van der Waals surface area contributed by atoms with E-state index in [1.165, 1.54) is 16.2 Å². The van der Waals surface area contributed by atoms with Gasteiger partial charge in [-0.2, -0.15) is 0 Å². The van der Waals surface area contributed by atoms with Crippen molar-refractivity contribution < 1.29 is 9.22 Å². The number of hydrogen-bond donors (Lipinski definition) is 2. The lowest BCUT2D eigenvalue weighted by Crippen LogP contribution is -2.47. The quantitative estimate of drug-likeness (QED) is 0.843. The van der Waals surface area contributed by atoms with E-state index in [9.17, 15) is 5.11 Å². The van der Waals surface area contributed by atoms with Gasteiger partial charge in [0, 0.05) is 35.2 Å². The highest BCUT2D eigenvalue weighted by molar-refractivity contribution is 7.16. The van der Waals surface area contributed by atoms with E-state index in [2.05, 4.69) is 10.2 Å². The summed E-state index contributed by atoms with van der Waals surface area (Å²) in [7, 11) is 0. The van der Waals surface area contributed by atoms with Gasteiger partial charge in [-0.1, -0.05) is 12.1 Å². The third-order valence-electron chi connectivity index (χ3n) is 4.14. The van der Waals surface area contributed by atoms with Crippen molar-refractivity contribution in [2.75, 3.05) is 38.5 Å². The number of aliphatic imine (C=N–C) groups is 1. The molecule has 2 aromatic rings. The maximum atomic E-state index is 9.53. The third-order valence-corrected chi connectivity index (χ3v) is 5.17. The summed E-state index contributed by atoms with van der Waals surface area (Å²) in [6.07, 6.45) is 0.